The summed E-state index contributed by atoms with van der Waals surface area (Å²) in [6.45, 7) is 7.31. The third-order valence-electron chi connectivity index (χ3n) is 10.3. The van der Waals surface area contributed by atoms with Gasteiger partial charge in [-0.15, -0.1) is 0 Å². The number of hydrogen-bond donors (Lipinski definition) is 1. The van der Waals surface area contributed by atoms with Gasteiger partial charge in [-0.25, -0.2) is 0 Å². The van der Waals surface area contributed by atoms with Gasteiger partial charge in [0, 0.05) is 65.2 Å². The van der Waals surface area contributed by atoms with E-state index in [0.29, 0.717) is 48.4 Å². The topological polar surface area (TPSA) is 90.0 Å². The van der Waals surface area contributed by atoms with Gasteiger partial charge >= 0.3 is 0 Å². The molecule has 0 saturated carbocycles. The second-order valence-electron chi connectivity index (χ2n) is 13.5. The Kier molecular flexibility index (Phi) is 8.13. The maximum absolute atomic E-state index is 13.8. The summed E-state index contributed by atoms with van der Waals surface area (Å²) in [7, 11) is 0. The van der Waals surface area contributed by atoms with E-state index < -0.39 is 0 Å². The molecule has 0 aromatic heterocycles. The Balaban J connectivity index is 0.879. The monoisotopic (exact) mass is 662 g/mol. The van der Waals surface area contributed by atoms with Crippen LogP contribution in [0, 0.1) is 0 Å². The molecule has 0 atom stereocenters. The molecule has 2 aliphatic rings. The van der Waals surface area contributed by atoms with E-state index in [1.807, 2.05) is 97.1 Å². The number of imide groups is 2. The van der Waals surface area contributed by atoms with E-state index in [1.54, 1.807) is 0 Å². The van der Waals surface area contributed by atoms with Crippen LogP contribution in [0.4, 0.5) is 0 Å². The van der Waals surface area contributed by atoms with Crippen molar-refractivity contribution in [2.75, 3.05) is 39.3 Å². The average molecular weight is 663 g/mol. The molecule has 6 aromatic carbocycles. The minimum atomic E-state index is -0.259. The number of carbonyl (C=O) groups excluding carboxylic acids is 4. The summed E-state index contributed by atoms with van der Waals surface area (Å²) in [6, 6.07) is 31.3. The Labute approximate surface area is 290 Å². The molecule has 0 spiro atoms. The standard InChI is InChI=1S/C42H38N4O4/c1-26(2)44(22-23-46-40(48)34-17-8-15-32-30-13-6-4-11-28(30)25-36(38(32)34)42(46)50)20-9-18-43-19-21-45-39(47)33-16-7-14-31-29-12-5-3-10-27(29)24-35(37(31)33)41(45)49/h3-8,10-17,24-26,43H,9,18-23H2,1-2H3. The fraction of sp³-hybridized carbons (Fsp3) is 0.238. The van der Waals surface area contributed by atoms with Gasteiger partial charge in [-0.3, -0.25) is 33.9 Å². The summed E-state index contributed by atoms with van der Waals surface area (Å²) in [4.78, 5) is 59.5. The van der Waals surface area contributed by atoms with Gasteiger partial charge in [0.15, 0.2) is 0 Å². The van der Waals surface area contributed by atoms with E-state index in [1.165, 1.54) is 9.80 Å². The van der Waals surface area contributed by atoms with Crippen molar-refractivity contribution in [2.24, 2.45) is 0 Å². The summed E-state index contributed by atoms with van der Waals surface area (Å²) >= 11 is 0. The Bertz CT molecular complexity index is 2380. The summed E-state index contributed by atoms with van der Waals surface area (Å²) in [5.74, 6) is -1.01. The first-order valence-corrected chi connectivity index (χ1v) is 17.4. The van der Waals surface area contributed by atoms with Crippen LogP contribution < -0.4 is 5.32 Å². The molecule has 0 aliphatic carbocycles. The summed E-state index contributed by atoms with van der Waals surface area (Å²) < 4.78 is 0. The van der Waals surface area contributed by atoms with Crippen molar-refractivity contribution < 1.29 is 19.2 Å². The molecule has 0 fully saturated rings. The van der Waals surface area contributed by atoms with Crippen molar-refractivity contribution >= 4 is 66.7 Å². The van der Waals surface area contributed by atoms with Crippen LogP contribution in [0.5, 0.6) is 0 Å². The molecule has 8 nitrogen and oxygen atoms in total. The van der Waals surface area contributed by atoms with Gasteiger partial charge in [0.2, 0.25) is 0 Å². The SMILES string of the molecule is CC(C)N(CCCNCCN1C(=O)c2cccc3c2c(cc2ccccc23)C1=O)CCN1C(=O)c2cccc3c2c(cc2ccccc23)C1=O. The van der Waals surface area contributed by atoms with Gasteiger partial charge in [0.1, 0.15) is 0 Å². The molecule has 8 heteroatoms. The third kappa shape index (κ3) is 5.23. The van der Waals surface area contributed by atoms with E-state index in [4.69, 9.17) is 0 Å². The molecule has 6 aromatic rings. The zero-order valence-corrected chi connectivity index (χ0v) is 28.2. The van der Waals surface area contributed by atoms with Gasteiger partial charge in [-0.2, -0.15) is 0 Å². The van der Waals surface area contributed by atoms with Crippen molar-refractivity contribution in [3.8, 4) is 0 Å². The van der Waals surface area contributed by atoms with E-state index in [-0.39, 0.29) is 36.2 Å². The van der Waals surface area contributed by atoms with E-state index in [9.17, 15) is 19.2 Å². The van der Waals surface area contributed by atoms with Crippen LogP contribution in [-0.4, -0.2) is 83.6 Å². The first-order chi connectivity index (χ1) is 24.3. The summed E-state index contributed by atoms with van der Waals surface area (Å²) in [5, 5.41) is 10.8. The van der Waals surface area contributed by atoms with Gasteiger partial charge in [-0.05, 0) is 89.9 Å². The molecular weight excluding hydrogens is 624 g/mol. The molecule has 0 unspecified atom stereocenters. The number of rotatable bonds is 11. The minimum absolute atomic E-state index is 0.215. The molecule has 250 valence electrons. The van der Waals surface area contributed by atoms with Gasteiger partial charge in [-0.1, -0.05) is 72.8 Å². The molecule has 8 rings (SSSR count). The van der Waals surface area contributed by atoms with Crippen molar-refractivity contribution in [3.63, 3.8) is 0 Å². The molecule has 50 heavy (non-hydrogen) atoms. The number of fused-ring (bicyclic) bond motifs is 4. The quantitative estimate of drug-likeness (QED) is 0.0925. The van der Waals surface area contributed by atoms with E-state index in [2.05, 4.69) is 24.1 Å². The highest BCUT2D eigenvalue weighted by Crippen LogP contribution is 2.37. The lowest BCUT2D eigenvalue weighted by molar-refractivity contribution is 0.0579. The van der Waals surface area contributed by atoms with Crippen molar-refractivity contribution in [3.05, 3.63) is 119 Å². The maximum atomic E-state index is 13.8. The van der Waals surface area contributed by atoms with Crippen LogP contribution in [-0.2, 0) is 0 Å². The number of amides is 4. The van der Waals surface area contributed by atoms with Crippen LogP contribution in [0.15, 0.2) is 97.1 Å². The second-order valence-corrected chi connectivity index (χ2v) is 13.5. The lowest BCUT2D eigenvalue weighted by Crippen LogP contribution is -2.46. The van der Waals surface area contributed by atoms with Crippen LogP contribution in [0.3, 0.4) is 0 Å². The molecular formula is C42H38N4O4. The Morgan fingerprint density at radius 2 is 1.02 bits per heavy atom. The fourth-order valence-electron chi connectivity index (χ4n) is 7.77. The van der Waals surface area contributed by atoms with Crippen LogP contribution in [0.25, 0.3) is 43.1 Å². The molecule has 2 aliphatic heterocycles. The smallest absolute Gasteiger partial charge is 0.261 e. The highest BCUT2D eigenvalue weighted by molar-refractivity contribution is 6.30. The fourth-order valence-corrected chi connectivity index (χ4v) is 7.77. The molecule has 0 saturated heterocycles. The number of benzene rings is 6. The Morgan fingerprint density at radius 3 is 1.56 bits per heavy atom. The van der Waals surface area contributed by atoms with Crippen LogP contribution in [0.1, 0.15) is 61.7 Å². The minimum Gasteiger partial charge on any atom is -0.315 e. The maximum Gasteiger partial charge on any atom is 0.261 e. The highest BCUT2D eigenvalue weighted by atomic mass is 16.2. The van der Waals surface area contributed by atoms with Gasteiger partial charge in [0.25, 0.3) is 23.6 Å². The largest absolute Gasteiger partial charge is 0.315 e. The lowest BCUT2D eigenvalue weighted by atomic mass is 9.90. The molecule has 1 N–H and O–H groups in total. The Morgan fingerprint density at radius 1 is 0.540 bits per heavy atom. The molecule has 4 amide bonds. The number of nitrogens with one attached hydrogen (secondary N) is 1. The average Bonchev–Trinajstić information content (AvgIpc) is 3.13. The van der Waals surface area contributed by atoms with Gasteiger partial charge < -0.3 is 5.32 Å². The molecule has 2 heterocycles. The third-order valence-corrected chi connectivity index (χ3v) is 10.3. The summed E-state index contributed by atoms with van der Waals surface area (Å²) in [5.41, 5.74) is 2.28. The highest BCUT2D eigenvalue weighted by Gasteiger charge is 2.35. The van der Waals surface area contributed by atoms with Gasteiger partial charge in [0.05, 0.1) is 0 Å². The predicted octanol–water partition coefficient (Wildman–Crippen LogP) is 6.88. The van der Waals surface area contributed by atoms with E-state index in [0.717, 1.165) is 56.1 Å². The zero-order chi connectivity index (χ0) is 34.5. The number of nitrogens with zero attached hydrogens (tertiary/aromatic N) is 3. The number of hydrogen-bond acceptors (Lipinski definition) is 6. The summed E-state index contributed by atoms with van der Waals surface area (Å²) in [6.07, 6.45) is 0.824. The normalized spacial score (nSPS) is 14.5. The zero-order valence-electron chi connectivity index (χ0n) is 28.2. The van der Waals surface area contributed by atoms with Crippen LogP contribution >= 0.6 is 0 Å². The second kappa shape index (κ2) is 12.8. The molecule has 0 radical (unpaired) electrons. The Hall–Kier alpha value is -5.44. The van der Waals surface area contributed by atoms with Crippen molar-refractivity contribution in [1.82, 2.24) is 20.0 Å². The molecule has 0 bridgehead atoms. The predicted molar refractivity (Wildman–Crippen MR) is 198 cm³/mol. The van der Waals surface area contributed by atoms with Crippen LogP contribution in [0.2, 0.25) is 0 Å². The van der Waals surface area contributed by atoms with E-state index >= 15 is 0 Å². The van der Waals surface area contributed by atoms with Crippen molar-refractivity contribution in [2.45, 2.75) is 26.3 Å². The first-order valence-electron chi connectivity index (χ1n) is 17.4. The van der Waals surface area contributed by atoms with Crippen molar-refractivity contribution in [1.29, 1.82) is 0 Å². The lowest BCUT2D eigenvalue weighted by Gasteiger charge is -2.32. The number of carbonyl (C=O) groups is 4. The first kappa shape index (κ1) is 31.8.